The maximum Gasteiger partial charge on any atom is 0.266 e. The first-order valence-corrected chi connectivity index (χ1v) is 13.2. The fraction of sp³-hybridized carbons (Fsp3) is 0.304. The van der Waals surface area contributed by atoms with Gasteiger partial charge in [-0.3, -0.25) is 14.4 Å². The number of amides is 1. The molecule has 1 saturated heterocycles. The van der Waals surface area contributed by atoms with Gasteiger partial charge in [-0.25, -0.2) is 17.8 Å². The highest BCUT2D eigenvalue weighted by Crippen LogP contribution is 2.33. The number of piperazine rings is 1. The van der Waals surface area contributed by atoms with Crippen molar-refractivity contribution in [3.8, 4) is 11.5 Å². The number of rotatable bonds is 6. The minimum absolute atomic E-state index is 0.0850. The topological polar surface area (TPSA) is 101 Å². The number of sulfonamides is 1. The second-order valence-corrected chi connectivity index (χ2v) is 10.9. The number of fused-ring (bicyclic) bond motifs is 1. The van der Waals surface area contributed by atoms with Gasteiger partial charge in [-0.15, -0.1) is 0 Å². The van der Waals surface area contributed by atoms with E-state index in [2.05, 4.69) is 14.6 Å². The Morgan fingerprint density at radius 3 is 2.54 bits per heavy atom. The molecule has 0 atom stereocenters. The van der Waals surface area contributed by atoms with E-state index in [0.29, 0.717) is 36.8 Å². The molecule has 1 fully saturated rings. The predicted octanol–water partition coefficient (Wildman–Crippen LogP) is 3.08. The molecule has 2 aliphatic rings. The number of aryl methyl sites for hydroxylation is 1. The monoisotopic (exact) mass is 518 g/mol. The molecule has 0 aliphatic carbocycles. The zero-order valence-electron chi connectivity index (χ0n) is 18.9. The number of aromatic nitrogens is 1. The first-order chi connectivity index (χ1) is 16.8. The lowest BCUT2D eigenvalue weighted by molar-refractivity contribution is 0.0632. The standard InChI is InChI=1S/C23H23FN4O5S2/c1-15-21(34-23(25-15)26-35(30,31)18-5-3-17(24)4-6-18)22(29)28-10-8-27(9-11-28)13-16-2-7-19-20(12-16)33-14-32-19/h2-7,12H,8-11,13-14H2,1H3,(H,25,26). The van der Waals surface area contributed by atoms with Crippen molar-refractivity contribution in [3.63, 3.8) is 0 Å². The van der Waals surface area contributed by atoms with Crippen LogP contribution in [0.3, 0.4) is 0 Å². The van der Waals surface area contributed by atoms with Gasteiger partial charge in [0, 0.05) is 32.7 Å². The second-order valence-electron chi connectivity index (χ2n) is 8.25. The number of hydrogen-bond acceptors (Lipinski definition) is 8. The Labute approximate surface area is 206 Å². The number of thiazole rings is 1. The van der Waals surface area contributed by atoms with Crippen molar-refractivity contribution in [2.24, 2.45) is 0 Å². The van der Waals surface area contributed by atoms with E-state index >= 15 is 0 Å². The van der Waals surface area contributed by atoms with Crippen molar-refractivity contribution in [1.82, 2.24) is 14.8 Å². The van der Waals surface area contributed by atoms with Crippen LogP contribution in [0, 0.1) is 12.7 Å². The van der Waals surface area contributed by atoms with Crippen LogP contribution in [-0.4, -0.2) is 62.1 Å². The lowest BCUT2D eigenvalue weighted by Gasteiger charge is -2.34. The Morgan fingerprint density at radius 1 is 1.09 bits per heavy atom. The minimum atomic E-state index is -3.94. The minimum Gasteiger partial charge on any atom is -0.454 e. The van der Waals surface area contributed by atoms with Gasteiger partial charge in [-0.1, -0.05) is 17.4 Å². The number of nitrogens with zero attached hydrogens (tertiary/aromatic N) is 3. The van der Waals surface area contributed by atoms with E-state index in [1.807, 2.05) is 18.2 Å². The zero-order chi connectivity index (χ0) is 24.6. The van der Waals surface area contributed by atoms with Gasteiger partial charge in [0.15, 0.2) is 16.6 Å². The van der Waals surface area contributed by atoms with Crippen molar-refractivity contribution < 1.29 is 27.1 Å². The molecule has 5 rings (SSSR count). The fourth-order valence-corrected chi connectivity index (χ4v) is 6.15. The van der Waals surface area contributed by atoms with Gasteiger partial charge in [0.25, 0.3) is 15.9 Å². The number of carbonyl (C=O) groups is 1. The molecule has 12 heteroatoms. The van der Waals surface area contributed by atoms with Crippen LogP contribution >= 0.6 is 11.3 Å². The molecule has 0 unspecified atom stereocenters. The van der Waals surface area contributed by atoms with E-state index in [1.165, 1.54) is 12.1 Å². The average molecular weight is 519 g/mol. The Kier molecular flexibility index (Phi) is 6.34. The number of carbonyl (C=O) groups excluding carboxylic acids is 1. The largest absolute Gasteiger partial charge is 0.454 e. The van der Waals surface area contributed by atoms with Crippen LogP contribution in [0.25, 0.3) is 0 Å². The van der Waals surface area contributed by atoms with Crippen molar-refractivity contribution in [2.75, 3.05) is 37.7 Å². The third-order valence-electron chi connectivity index (χ3n) is 5.84. The van der Waals surface area contributed by atoms with Crippen LogP contribution in [0.1, 0.15) is 20.9 Å². The van der Waals surface area contributed by atoms with Crippen molar-refractivity contribution in [2.45, 2.75) is 18.4 Å². The molecule has 1 N–H and O–H groups in total. The second kappa shape index (κ2) is 9.44. The summed E-state index contributed by atoms with van der Waals surface area (Å²) in [6.45, 7) is 5.19. The van der Waals surface area contributed by atoms with Crippen LogP contribution in [-0.2, 0) is 16.6 Å². The first kappa shape index (κ1) is 23.5. The van der Waals surface area contributed by atoms with Gasteiger partial charge in [0.2, 0.25) is 6.79 Å². The molecule has 3 aromatic rings. The third-order valence-corrected chi connectivity index (χ3v) is 8.38. The van der Waals surface area contributed by atoms with Gasteiger partial charge in [-0.2, -0.15) is 0 Å². The molecule has 1 aromatic heterocycles. The van der Waals surface area contributed by atoms with Gasteiger partial charge in [0.1, 0.15) is 10.7 Å². The van der Waals surface area contributed by atoms with Gasteiger partial charge in [-0.05, 0) is 48.9 Å². The molecular weight excluding hydrogens is 495 g/mol. The molecule has 2 aliphatic heterocycles. The van der Waals surface area contributed by atoms with Crippen LogP contribution in [0.15, 0.2) is 47.4 Å². The molecule has 0 bridgehead atoms. The number of anilines is 1. The van der Waals surface area contributed by atoms with Crippen LogP contribution in [0.4, 0.5) is 9.52 Å². The van der Waals surface area contributed by atoms with Crippen molar-refractivity contribution >= 4 is 32.4 Å². The summed E-state index contributed by atoms with van der Waals surface area (Å²) in [5.74, 6) is 0.805. The molecule has 35 heavy (non-hydrogen) atoms. The van der Waals surface area contributed by atoms with E-state index in [1.54, 1.807) is 11.8 Å². The predicted molar refractivity (Wildman–Crippen MR) is 128 cm³/mol. The normalized spacial score (nSPS) is 15.9. The number of nitrogens with one attached hydrogen (secondary N) is 1. The van der Waals surface area contributed by atoms with E-state index < -0.39 is 15.8 Å². The Hall–Kier alpha value is -3.22. The molecule has 0 radical (unpaired) electrons. The summed E-state index contributed by atoms with van der Waals surface area (Å²) < 4.78 is 51.4. The lowest BCUT2D eigenvalue weighted by atomic mass is 10.1. The summed E-state index contributed by atoms with van der Waals surface area (Å²) in [7, 11) is -3.94. The summed E-state index contributed by atoms with van der Waals surface area (Å²) in [6, 6.07) is 10.4. The maximum atomic E-state index is 13.1. The quantitative estimate of drug-likeness (QED) is 0.535. The molecule has 184 valence electrons. The highest BCUT2D eigenvalue weighted by Gasteiger charge is 2.27. The maximum absolute atomic E-state index is 13.1. The Balaban J connectivity index is 1.20. The van der Waals surface area contributed by atoms with E-state index in [9.17, 15) is 17.6 Å². The zero-order valence-corrected chi connectivity index (χ0v) is 20.5. The number of halogens is 1. The number of hydrogen-bond donors (Lipinski definition) is 1. The van der Waals surface area contributed by atoms with Crippen LogP contribution < -0.4 is 14.2 Å². The smallest absolute Gasteiger partial charge is 0.266 e. The number of benzene rings is 2. The highest BCUT2D eigenvalue weighted by atomic mass is 32.2. The molecule has 0 saturated carbocycles. The summed E-state index contributed by atoms with van der Waals surface area (Å²) in [4.78, 5) is 21.7. The lowest BCUT2D eigenvalue weighted by Crippen LogP contribution is -2.48. The SMILES string of the molecule is Cc1nc(NS(=O)(=O)c2ccc(F)cc2)sc1C(=O)N1CCN(Cc2ccc3c(c2)OCO3)CC1. The van der Waals surface area contributed by atoms with Crippen molar-refractivity contribution in [3.05, 3.63) is 64.4 Å². The molecule has 0 spiro atoms. The Morgan fingerprint density at radius 2 is 1.80 bits per heavy atom. The summed E-state index contributed by atoms with van der Waals surface area (Å²) in [5.41, 5.74) is 1.57. The summed E-state index contributed by atoms with van der Waals surface area (Å²) in [6.07, 6.45) is 0. The highest BCUT2D eigenvalue weighted by molar-refractivity contribution is 7.93. The van der Waals surface area contributed by atoms with Crippen molar-refractivity contribution in [1.29, 1.82) is 0 Å². The fourth-order valence-electron chi connectivity index (χ4n) is 3.98. The van der Waals surface area contributed by atoms with Gasteiger partial charge in [0.05, 0.1) is 10.6 Å². The van der Waals surface area contributed by atoms with Crippen LogP contribution in [0.5, 0.6) is 11.5 Å². The molecule has 9 nitrogen and oxygen atoms in total. The average Bonchev–Trinajstić information content (AvgIpc) is 3.44. The van der Waals surface area contributed by atoms with E-state index in [4.69, 9.17) is 9.47 Å². The molecule has 2 aromatic carbocycles. The number of ether oxygens (including phenoxy) is 2. The van der Waals surface area contributed by atoms with E-state index in [-0.39, 0.29) is 22.7 Å². The van der Waals surface area contributed by atoms with Gasteiger partial charge >= 0.3 is 0 Å². The summed E-state index contributed by atoms with van der Waals surface area (Å²) >= 11 is 0.995. The Bertz CT molecular complexity index is 1350. The van der Waals surface area contributed by atoms with Gasteiger partial charge < -0.3 is 14.4 Å². The third kappa shape index (κ3) is 5.09. The molecule has 3 heterocycles. The molecular formula is C23H23FN4O5S2. The van der Waals surface area contributed by atoms with E-state index in [0.717, 1.165) is 47.1 Å². The molecule has 1 amide bonds. The summed E-state index contributed by atoms with van der Waals surface area (Å²) in [5, 5.41) is 0.0941. The first-order valence-electron chi connectivity index (χ1n) is 10.9. The van der Waals surface area contributed by atoms with Crippen LogP contribution in [0.2, 0.25) is 0 Å².